The SMILES string of the molecule is COc1ccccc1NC(=O)[C@@H]1Cc2[nH]cnc2C(C)(C)N1. The number of methoxy groups -OCH3 is 1. The Morgan fingerprint density at radius 1 is 1.41 bits per heavy atom. The van der Waals surface area contributed by atoms with E-state index in [1.807, 2.05) is 38.1 Å². The summed E-state index contributed by atoms with van der Waals surface area (Å²) in [5.41, 5.74) is 2.29. The van der Waals surface area contributed by atoms with E-state index in [2.05, 4.69) is 20.6 Å². The summed E-state index contributed by atoms with van der Waals surface area (Å²) in [6, 6.07) is 7.05. The van der Waals surface area contributed by atoms with Crippen molar-refractivity contribution in [2.45, 2.75) is 31.8 Å². The number of amides is 1. The molecule has 0 fully saturated rings. The molecule has 3 rings (SSSR count). The van der Waals surface area contributed by atoms with Gasteiger partial charge >= 0.3 is 0 Å². The highest BCUT2D eigenvalue weighted by molar-refractivity contribution is 5.96. The molecule has 22 heavy (non-hydrogen) atoms. The van der Waals surface area contributed by atoms with Gasteiger partial charge in [-0.05, 0) is 26.0 Å². The van der Waals surface area contributed by atoms with Crippen LogP contribution in [0.15, 0.2) is 30.6 Å². The second-order valence-electron chi connectivity index (χ2n) is 5.95. The van der Waals surface area contributed by atoms with Crippen molar-refractivity contribution in [1.29, 1.82) is 0 Å². The number of imidazole rings is 1. The fourth-order valence-electron chi connectivity index (χ4n) is 2.90. The molecule has 1 aromatic heterocycles. The number of carbonyl (C=O) groups excluding carboxylic acids is 1. The summed E-state index contributed by atoms with van der Waals surface area (Å²) >= 11 is 0. The molecule has 6 nitrogen and oxygen atoms in total. The van der Waals surface area contributed by atoms with Crippen LogP contribution in [0.5, 0.6) is 5.75 Å². The second-order valence-corrected chi connectivity index (χ2v) is 5.95. The maximum absolute atomic E-state index is 12.6. The van der Waals surface area contributed by atoms with Gasteiger partial charge in [-0.25, -0.2) is 4.98 Å². The molecule has 1 aliphatic heterocycles. The van der Waals surface area contributed by atoms with Gasteiger partial charge in [0.1, 0.15) is 5.75 Å². The summed E-state index contributed by atoms with van der Waals surface area (Å²) in [6.45, 7) is 4.05. The number of fused-ring (bicyclic) bond motifs is 1. The summed E-state index contributed by atoms with van der Waals surface area (Å²) in [4.78, 5) is 20.1. The number of ether oxygens (including phenoxy) is 1. The molecule has 0 bridgehead atoms. The Kier molecular flexibility index (Phi) is 3.62. The summed E-state index contributed by atoms with van der Waals surface area (Å²) in [5.74, 6) is 0.561. The number of nitrogens with one attached hydrogen (secondary N) is 3. The van der Waals surface area contributed by atoms with E-state index in [4.69, 9.17) is 4.74 Å². The summed E-state index contributed by atoms with van der Waals surface area (Å²) in [6.07, 6.45) is 2.26. The van der Waals surface area contributed by atoms with Crippen molar-refractivity contribution in [3.05, 3.63) is 42.0 Å². The number of benzene rings is 1. The molecule has 2 aromatic rings. The minimum atomic E-state index is -0.351. The van der Waals surface area contributed by atoms with Gasteiger partial charge < -0.3 is 15.0 Å². The van der Waals surface area contributed by atoms with E-state index in [1.54, 1.807) is 13.4 Å². The first-order valence-electron chi connectivity index (χ1n) is 7.25. The Bertz CT molecular complexity index is 693. The summed E-state index contributed by atoms with van der Waals surface area (Å²) < 4.78 is 5.27. The van der Waals surface area contributed by atoms with Crippen LogP contribution in [0, 0.1) is 0 Å². The quantitative estimate of drug-likeness (QED) is 0.807. The zero-order valence-corrected chi connectivity index (χ0v) is 12.9. The van der Waals surface area contributed by atoms with Gasteiger partial charge in [-0.15, -0.1) is 0 Å². The lowest BCUT2D eigenvalue weighted by molar-refractivity contribution is -0.118. The third-order valence-electron chi connectivity index (χ3n) is 3.93. The van der Waals surface area contributed by atoms with Crippen molar-refractivity contribution in [3.8, 4) is 5.75 Å². The minimum Gasteiger partial charge on any atom is -0.495 e. The number of rotatable bonds is 3. The van der Waals surface area contributed by atoms with Crippen LogP contribution in [0.4, 0.5) is 5.69 Å². The molecular formula is C16H20N4O2. The molecule has 0 spiro atoms. The largest absolute Gasteiger partial charge is 0.495 e. The molecule has 1 aromatic carbocycles. The Hall–Kier alpha value is -2.34. The highest BCUT2D eigenvalue weighted by Crippen LogP contribution is 2.29. The highest BCUT2D eigenvalue weighted by Gasteiger charge is 2.37. The average Bonchev–Trinajstić information content (AvgIpc) is 2.96. The first-order valence-corrected chi connectivity index (χ1v) is 7.25. The molecule has 1 atom stereocenters. The Balaban J connectivity index is 1.79. The zero-order chi connectivity index (χ0) is 15.7. The van der Waals surface area contributed by atoms with E-state index in [0.29, 0.717) is 17.9 Å². The molecule has 6 heteroatoms. The molecule has 116 valence electrons. The molecular weight excluding hydrogens is 280 g/mol. The van der Waals surface area contributed by atoms with Crippen molar-refractivity contribution in [3.63, 3.8) is 0 Å². The predicted molar refractivity (Wildman–Crippen MR) is 83.9 cm³/mol. The molecule has 0 unspecified atom stereocenters. The number of carbonyl (C=O) groups is 1. The van der Waals surface area contributed by atoms with Crippen LogP contribution in [-0.4, -0.2) is 29.0 Å². The molecule has 0 saturated heterocycles. The van der Waals surface area contributed by atoms with E-state index in [0.717, 1.165) is 11.4 Å². The van der Waals surface area contributed by atoms with E-state index in [-0.39, 0.29) is 17.5 Å². The van der Waals surface area contributed by atoms with E-state index in [9.17, 15) is 4.79 Å². The Morgan fingerprint density at radius 2 is 2.18 bits per heavy atom. The Labute approximate surface area is 129 Å². The minimum absolute atomic E-state index is 0.0853. The first-order chi connectivity index (χ1) is 10.5. The molecule has 1 aliphatic rings. The number of aromatic amines is 1. The lowest BCUT2D eigenvalue weighted by atomic mass is 9.89. The van der Waals surface area contributed by atoms with Crippen LogP contribution < -0.4 is 15.4 Å². The van der Waals surface area contributed by atoms with E-state index in [1.165, 1.54) is 0 Å². The standard InChI is InChI=1S/C16H20N4O2/c1-16(2)14-11(17-9-18-14)8-12(20-16)15(21)19-10-6-4-5-7-13(10)22-3/h4-7,9,12,20H,8H2,1-3H3,(H,17,18)(H,19,21)/t12-/m0/s1. The molecule has 0 saturated carbocycles. The van der Waals surface area contributed by atoms with E-state index >= 15 is 0 Å². The van der Waals surface area contributed by atoms with Crippen LogP contribution in [-0.2, 0) is 16.8 Å². The third kappa shape index (κ3) is 2.57. The van der Waals surface area contributed by atoms with Gasteiger partial charge in [0.25, 0.3) is 0 Å². The van der Waals surface area contributed by atoms with Gasteiger partial charge in [0.15, 0.2) is 0 Å². The summed E-state index contributed by atoms with van der Waals surface area (Å²) in [5, 5.41) is 6.29. The lowest BCUT2D eigenvalue weighted by Crippen LogP contribution is -2.54. The van der Waals surface area contributed by atoms with Crippen molar-refractivity contribution < 1.29 is 9.53 Å². The molecule has 2 heterocycles. The van der Waals surface area contributed by atoms with Gasteiger partial charge in [-0.1, -0.05) is 12.1 Å². The number of H-pyrrole nitrogens is 1. The average molecular weight is 300 g/mol. The lowest BCUT2D eigenvalue weighted by Gasteiger charge is -2.35. The first kappa shape index (κ1) is 14.6. The van der Waals surface area contributed by atoms with Crippen molar-refractivity contribution >= 4 is 11.6 Å². The van der Waals surface area contributed by atoms with Crippen LogP contribution in [0.25, 0.3) is 0 Å². The van der Waals surface area contributed by atoms with Gasteiger partial charge in [-0.3, -0.25) is 10.1 Å². The van der Waals surface area contributed by atoms with Gasteiger partial charge in [0.2, 0.25) is 5.91 Å². The molecule has 0 radical (unpaired) electrons. The van der Waals surface area contributed by atoms with Crippen LogP contribution in [0.3, 0.4) is 0 Å². The maximum atomic E-state index is 12.6. The fourth-order valence-corrected chi connectivity index (χ4v) is 2.90. The van der Waals surface area contributed by atoms with Crippen LogP contribution in [0.1, 0.15) is 25.2 Å². The smallest absolute Gasteiger partial charge is 0.242 e. The number of hydrogen-bond donors (Lipinski definition) is 3. The molecule has 0 aliphatic carbocycles. The predicted octanol–water partition coefficient (Wildman–Crippen LogP) is 1.81. The molecule has 3 N–H and O–H groups in total. The normalized spacial score (nSPS) is 19.3. The number of nitrogens with zero attached hydrogens (tertiary/aromatic N) is 1. The van der Waals surface area contributed by atoms with Gasteiger partial charge in [0, 0.05) is 12.1 Å². The van der Waals surface area contributed by atoms with Crippen molar-refractivity contribution in [2.75, 3.05) is 12.4 Å². The number of anilines is 1. The van der Waals surface area contributed by atoms with Gasteiger partial charge in [-0.2, -0.15) is 0 Å². The number of aromatic nitrogens is 2. The summed E-state index contributed by atoms with van der Waals surface area (Å²) in [7, 11) is 1.59. The van der Waals surface area contributed by atoms with Crippen LogP contribution in [0.2, 0.25) is 0 Å². The van der Waals surface area contributed by atoms with Crippen molar-refractivity contribution in [1.82, 2.24) is 15.3 Å². The number of para-hydroxylation sites is 2. The zero-order valence-electron chi connectivity index (χ0n) is 12.9. The van der Waals surface area contributed by atoms with Crippen LogP contribution >= 0.6 is 0 Å². The van der Waals surface area contributed by atoms with E-state index < -0.39 is 0 Å². The third-order valence-corrected chi connectivity index (χ3v) is 3.93. The monoisotopic (exact) mass is 300 g/mol. The molecule has 1 amide bonds. The maximum Gasteiger partial charge on any atom is 0.242 e. The highest BCUT2D eigenvalue weighted by atomic mass is 16.5. The van der Waals surface area contributed by atoms with Gasteiger partial charge in [0.05, 0.1) is 36.4 Å². The van der Waals surface area contributed by atoms with Crippen molar-refractivity contribution in [2.24, 2.45) is 0 Å². The fraction of sp³-hybridized carbons (Fsp3) is 0.375. The second kappa shape index (κ2) is 5.46. The Morgan fingerprint density at radius 3 is 2.95 bits per heavy atom. The topological polar surface area (TPSA) is 79.0 Å². The number of hydrogen-bond acceptors (Lipinski definition) is 4.